The van der Waals surface area contributed by atoms with Gasteiger partial charge in [0.15, 0.2) is 0 Å². The zero-order valence-electron chi connectivity index (χ0n) is 16.1. The van der Waals surface area contributed by atoms with Crippen molar-refractivity contribution in [3.63, 3.8) is 0 Å². The molecule has 26 heavy (non-hydrogen) atoms. The fourth-order valence-corrected chi connectivity index (χ4v) is 3.26. The van der Waals surface area contributed by atoms with Crippen LogP contribution in [-0.4, -0.2) is 21.1 Å². The minimum Gasteiger partial charge on any atom is -0.472 e. The number of hydrogen-bond acceptors (Lipinski definition) is 5. The van der Waals surface area contributed by atoms with E-state index in [4.69, 9.17) is 4.42 Å². The van der Waals surface area contributed by atoms with Crippen LogP contribution in [0.4, 0.5) is 5.95 Å². The Morgan fingerprint density at radius 2 is 1.96 bits per heavy atom. The van der Waals surface area contributed by atoms with Crippen LogP contribution in [-0.2, 0) is 5.54 Å². The predicted octanol–water partition coefficient (Wildman–Crippen LogP) is 4.33. The topological polar surface area (TPSA) is 73.0 Å². The second kappa shape index (κ2) is 6.94. The average molecular weight is 354 g/mol. The Balaban J connectivity index is 2.46. The first kappa shape index (κ1) is 18.2. The summed E-state index contributed by atoms with van der Waals surface area (Å²) in [6.45, 7) is 11.0. The highest BCUT2D eigenvalue weighted by Gasteiger charge is 2.28. The Morgan fingerprint density at radius 1 is 1.23 bits per heavy atom. The normalized spacial score (nSPS) is 11.9. The van der Waals surface area contributed by atoms with Crippen LogP contribution in [0.3, 0.4) is 0 Å². The van der Waals surface area contributed by atoms with Gasteiger partial charge in [0.05, 0.1) is 23.8 Å². The number of aryl methyl sites for hydroxylation is 1. The molecule has 6 nitrogen and oxygen atoms in total. The van der Waals surface area contributed by atoms with Crippen molar-refractivity contribution in [3.05, 3.63) is 40.7 Å². The van der Waals surface area contributed by atoms with Crippen LogP contribution in [0.5, 0.6) is 0 Å². The SMILES string of the molecule is CCNc1nc(C)c2cc(-c3ccoc3)c(=O)n(C(C)(CC)CC)c2n1. The molecule has 3 rings (SSSR count). The number of anilines is 1. The molecule has 0 aliphatic heterocycles. The quantitative estimate of drug-likeness (QED) is 0.713. The van der Waals surface area contributed by atoms with Gasteiger partial charge in [-0.1, -0.05) is 13.8 Å². The van der Waals surface area contributed by atoms with Crippen LogP contribution in [0, 0.1) is 6.92 Å². The molecule has 0 aliphatic rings. The molecular formula is C20H26N4O2. The van der Waals surface area contributed by atoms with Crippen molar-refractivity contribution in [3.8, 4) is 11.1 Å². The number of aromatic nitrogens is 3. The lowest BCUT2D eigenvalue weighted by molar-refractivity contribution is 0.294. The maximum absolute atomic E-state index is 13.5. The molecule has 0 fully saturated rings. The summed E-state index contributed by atoms with van der Waals surface area (Å²) < 4.78 is 7.05. The van der Waals surface area contributed by atoms with E-state index in [2.05, 4.69) is 36.1 Å². The summed E-state index contributed by atoms with van der Waals surface area (Å²) >= 11 is 0. The van der Waals surface area contributed by atoms with Gasteiger partial charge in [-0.2, -0.15) is 4.98 Å². The highest BCUT2D eigenvalue weighted by atomic mass is 16.3. The molecule has 0 aromatic carbocycles. The third-order valence-electron chi connectivity index (χ3n) is 5.28. The summed E-state index contributed by atoms with van der Waals surface area (Å²) in [6.07, 6.45) is 4.84. The molecule has 1 N–H and O–H groups in total. The Kier molecular flexibility index (Phi) is 4.85. The molecule has 0 amide bonds. The number of nitrogens with zero attached hydrogens (tertiary/aromatic N) is 3. The monoisotopic (exact) mass is 354 g/mol. The van der Waals surface area contributed by atoms with E-state index in [1.54, 1.807) is 12.5 Å². The maximum Gasteiger partial charge on any atom is 0.260 e. The summed E-state index contributed by atoms with van der Waals surface area (Å²) in [5.41, 5.74) is 2.53. The smallest absolute Gasteiger partial charge is 0.260 e. The van der Waals surface area contributed by atoms with Gasteiger partial charge in [0.25, 0.3) is 5.56 Å². The first-order valence-corrected chi connectivity index (χ1v) is 9.16. The van der Waals surface area contributed by atoms with Crippen molar-refractivity contribution in [1.29, 1.82) is 0 Å². The summed E-state index contributed by atoms with van der Waals surface area (Å²) in [4.78, 5) is 22.7. The maximum atomic E-state index is 13.5. The van der Waals surface area contributed by atoms with Crippen LogP contribution in [0.1, 0.15) is 46.2 Å². The molecular weight excluding hydrogens is 328 g/mol. The highest BCUT2D eigenvalue weighted by Crippen LogP contribution is 2.30. The van der Waals surface area contributed by atoms with E-state index in [0.29, 0.717) is 17.2 Å². The van der Waals surface area contributed by atoms with Crippen LogP contribution in [0.15, 0.2) is 33.9 Å². The van der Waals surface area contributed by atoms with Crippen molar-refractivity contribution in [1.82, 2.24) is 14.5 Å². The van der Waals surface area contributed by atoms with E-state index in [1.807, 2.05) is 30.5 Å². The number of nitrogens with one attached hydrogen (secondary N) is 1. The molecule has 0 atom stereocenters. The zero-order chi connectivity index (χ0) is 18.9. The number of fused-ring (bicyclic) bond motifs is 1. The molecule has 3 aromatic heterocycles. The number of rotatable bonds is 6. The van der Waals surface area contributed by atoms with Gasteiger partial charge in [-0.25, -0.2) is 4.98 Å². The highest BCUT2D eigenvalue weighted by molar-refractivity contribution is 5.84. The first-order valence-electron chi connectivity index (χ1n) is 9.16. The molecule has 0 spiro atoms. The first-order chi connectivity index (χ1) is 12.4. The Labute approximate surface area is 153 Å². The average Bonchev–Trinajstić information content (AvgIpc) is 3.15. The third-order valence-corrected chi connectivity index (χ3v) is 5.28. The Bertz CT molecular complexity index is 970. The summed E-state index contributed by atoms with van der Waals surface area (Å²) in [7, 11) is 0. The molecule has 138 valence electrons. The second-order valence-corrected chi connectivity index (χ2v) is 6.81. The standard InChI is InChI=1S/C20H26N4O2/c1-6-20(5,7-2)24-17-15(13(4)22-19(23-17)21-8-3)11-16(18(24)25)14-9-10-26-12-14/h9-12H,6-8H2,1-5H3,(H,21,22,23). The number of furan rings is 1. The molecule has 0 aliphatic carbocycles. The summed E-state index contributed by atoms with van der Waals surface area (Å²) in [5.74, 6) is 0.552. The number of hydrogen-bond donors (Lipinski definition) is 1. The van der Waals surface area contributed by atoms with Gasteiger partial charge in [0.1, 0.15) is 5.65 Å². The van der Waals surface area contributed by atoms with Crippen LogP contribution < -0.4 is 10.9 Å². The van der Waals surface area contributed by atoms with Crippen LogP contribution in [0.2, 0.25) is 0 Å². The predicted molar refractivity (Wildman–Crippen MR) is 105 cm³/mol. The van der Waals surface area contributed by atoms with E-state index < -0.39 is 0 Å². The molecule has 0 radical (unpaired) electrons. The lowest BCUT2D eigenvalue weighted by Gasteiger charge is -2.31. The van der Waals surface area contributed by atoms with Gasteiger partial charge in [-0.3, -0.25) is 9.36 Å². The van der Waals surface area contributed by atoms with Gasteiger partial charge in [-0.15, -0.1) is 0 Å². The lowest BCUT2D eigenvalue weighted by atomic mass is 9.93. The van der Waals surface area contributed by atoms with Crippen molar-refractivity contribution in [2.75, 3.05) is 11.9 Å². The molecule has 0 saturated heterocycles. The Hall–Kier alpha value is -2.63. The lowest BCUT2D eigenvalue weighted by Crippen LogP contribution is -2.39. The molecule has 0 unspecified atom stereocenters. The van der Waals surface area contributed by atoms with Crippen LogP contribution >= 0.6 is 0 Å². The van der Waals surface area contributed by atoms with Crippen molar-refractivity contribution in [2.24, 2.45) is 0 Å². The van der Waals surface area contributed by atoms with E-state index in [0.717, 1.165) is 36.0 Å². The zero-order valence-corrected chi connectivity index (χ0v) is 16.1. The summed E-state index contributed by atoms with van der Waals surface area (Å²) in [5, 5.41) is 4.05. The van der Waals surface area contributed by atoms with Gasteiger partial charge in [0.2, 0.25) is 5.95 Å². The van der Waals surface area contributed by atoms with E-state index in [1.165, 1.54) is 0 Å². The fourth-order valence-electron chi connectivity index (χ4n) is 3.26. The van der Waals surface area contributed by atoms with Crippen molar-refractivity contribution >= 4 is 17.0 Å². The van der Waals surface area contributed by atoms with E-state index in [9.17, 15) is 4.79 Å². The number of pyridine rings is 1. The Morgan fingerprint density at radius 3 is 2.54 bits per heavy atom. The molecule has 0 bridgehead atoms. The minimum absolute atomic E-state index is 0.0503. The molecule has 0 saturated carbocycles. The van der Waals surface area contributed by atoms with Gasteiger partial charge in [-0.05, 0) is 45.7 Å². The van der Waals surface area contributed by atoms with Gasteiger partial charge < -0.3 is 9.73 Å². The summed E-state index contributed by atoms with van der Waals surface area (Å²) in [6, 6.07) is 3.70. The van der Waals surface area contributed by atoms with Gasteiger partial charge in [0, 0.05) is 23.0 Å². The van der Waals surface area contributed by atoms with Gasteiger partial charge >= 0.3 is 0 Å². The van der Waals surface area contributed by atoms with E-state index >= 15 is 0 Å². The molecule has 3 heterocycles. The molecule has 3 aromatic rings. The van der Waals surface area contributed by atoms with E-state index in [-0.39, 0.29) is 11.1 Å². The van der Waals surface area contributed by atoms with Crippen molar-refractivity contribution in [2.45, 2.75) is 53.0 Å². The largest absolute Gasteiger partial charge is 0.472 e. The molecule has 6 heteroatoms. The minimum atomic E-state index is -0.334. The second-order valence-electron chi connectivity index (χ2n) is 6.81. The third kappa shape index (κ3) is 2.89. The fraction of sp³-hybridized carbons (Fsp3) is 0.450. The van der Waals surface area contributed by atoms with Crippen LogP contribution in [0.25, 0.3) is 22.2 Å². The van der Waals surface area contributed by atoms with Crippen molar-refractivity contribution < 1.29 is 4.42 Å².